The molecule has 0 aliphatic carbocycles. The van der Waals surface area contributed by atoms with E-state index in [1.165, 1.54) is 0 Å². The highest BCUT2D eigenvalue weighted by Crippen LogP contribution is 2.38. The molecule has 2 heterocycles. The largest absolute Gasteiger partial charge is 0.443 e. The predicted molar refractivity (Wildman–Crippen MR) is 58.1 cm³/mol. The Hall–Kier alpha value is -0.910. The summed E-state index contributed by atoms with van der Waals surface area (Å²) in [5.74, 6) is 0. The number of nitrogens with zero attached hydrogens (tertiary/aromatic N) is 2. The number of alkyl halides is 2. The maximum absolute atomic E-state index is 11.9. The van der Waals surface area contributed by atoms with E-state index in [1.807, 2.05) is 7.05 Å². The Labute approximate surface area is 99.5 Å². The van der Waals surface area contributed by atoms with Crippen LogP contribution in [0.25, 0.3) is 0 Å². The molecule has 6 heteroatoms. The van der Waals surface area contributed by atoms with Crippen molar-refractivity contribution in [2.24, 2.45) is 5.41 Å². The minimum Gasteiger partial charge on any atom is -0.443 e. The van der Waals surface area contributed by atoms with Crippen molar-refractivity contribution in [2.45, 2.75) is 19.3 Å². The van der Waals surface area contributed by atoms with Crippen LogP contribution in [0, 0.1) is 5.41 Å². The van der Waals surface area contributed by atoms with Gasteiger partial charge in [0.25, 0.3) is 6.43 Å². The second-order valence-electron chi connectivity index (χ2n) is 5.17. The van der Waals surface area contributed by atoms with Crippen molar-refractivity contribution in [2.75, 3.05) is 39.8 Å². The zero-order chi connectivity index (χ0) is 12.5. The summed E-state index contributed by atoms with van der Waals surface area (Å²) in [6, 6.07) is 0. The van der Waals surface area contributed by atoms with Gasteiger partial charge >= 0.3 is 6.09 Å². The molecule has 0 aromatic heterocycles. The van der Waals surface area contributed by atoms with Crippen LogP contribution in [0.5, 0.6) is 0 Å². The molecule has 2 saturated heterocycles. The molecule has 4 nitrogen and oxygen atoms in total. The lowest BCUT2D eigenvalue weighted by Crippen LogP contribution is -2.62. The highest BCUT2D eigenvalue weighted by molar-refractivity contribution is 5.67. The first-order valence-electron chi connectivity index (χ1n) is 5.89. The van der Waals surface area contributed by atoms with Crippen LogP contribution in [0.3, 0.4) is 0 Å². The van der Waals surface area contributed by atoms with Crippen LogP contribution < -0.4 is 0 Å². The maximum atomic E-state index is 11.9. The summed E-state index contributed by atoms with van der Waals surface area (Å²) in [5, 5.41) is 0. The van der Waals surface area contributed by atoms with Gasteiger partial charge in [-0.15, -0.1) is 0 Å². The van der Waals surface area contributed by atoms with E-state index in [9.17, 15) is 13.6 Å². The molecular weight excluding hydrogens is 230 g/mol. The quantitative estimate of drug-likeness (QED) is 0.741. The zero-order valence-electron chi connectivity index (χ0n) is 9.99. The average Bonchev–Trinajstić information content (AvgIpc) is 2.24. The number of piperidine rings is 1. The standard InChI is InChI=1S/C11H18F2N2O2/c1-14-6-11(7-14)3-2-4-15(8-11)10(16)17-5-9(12)13/h9H,2-8H2,1H3. The molecule has 0 N–H and O–H groups in total. The number of hydrogen-bond donors (Lipinski definition) is 0. The molecule has 2 rings (SSSR count). The van der Waals surface area contributed by atoms with Gasteiger partial charge in [0.2, 0.25) is 0 Å². The molecule has 98 valence electrons. The Balaban J connectivity index is 1.83. The summed E-state index contributed by atoms with van der Waals surface area (Å²) in [7, 11) is 2.04. The monoisotopic (exact) mass is 248 g/mol. The third-order valence-electron chi connectivity index (χ3n) is 3.46. The second-order valence-corrected chi connectivity index (χ2v) is 5.17. The van der Waals surface area contributed by atoms with Gasteiger partial charge < -0.3 is 14.5 Å². The van der Waals surface area contributed by atoms with E-state index < -0.39 is 19.1 Å². The summed E-state index contributed by atoms with van der Waals surface area (Å²) in [6.45, 7) is 2.41. The van der Waals surface area contributed by atoms with Gasteiger partial charge in [0.05, 0.1) is 0 Å². The van der Waals surface area contributed by atoms with Gasteiger partial charge in [0.1, 0.15) is 0 Å². The lowest BCUT2D eigenvalue weighted by molar-refractivity contribution is -0.0431. The summed E-state index contributed by atoms with van der Waals surface area (Å²) in [4.78, 5) is 15.3. The first-order valence-corrected chi connectivity index (χ1v) is 5.89. The summed E-state index contributed by atoms with van der Waals surface area (Å²) in [6.07, 6.45) is -1.15. The van der Waals surface area contributed by atoms with Gasteiger partial charge in [-0.1, -0.05) is 0 Å². The Morgan fingerprint density at radius 3 is 2.71 bits per heavy atom. The third-order valence-corrected chi connectivity index (χ3v) is 3.46. The van der Waals surface area contributed by atoms with Crippen molar-refractivity contribution in [1.82, 2.24) is 9.80 Å². The molecule has 2 fully saturated rings. The van der Waals surface area contributed by atoms with Gasteiger partial charge in [0, 0.05) is 31.6 Å². The lowest BCUT2D eigenvalue weighted by Gasteiger charge is -2.53. The summed E-state index contributed by atoms with van der Waals surface area (Å²) >= 11 is 0. The van der Waals surface area contributed by atoms with Crippen LogP contribution >= 0.6 is 0 Å². The molecule has 0 atom stereocenters. The van der Waals surface area contributed by atoms with Crippen LogP contribution in [0.1, 0.15) is 12.8 Å². The average molecular weight is 248 g/mol. The number of likely N-dealkylation sites (tertiary alicyclic amines) is 2. The van der Waals surface area contributed by atoms with E-state index in [0.29, 0.717) is 13.1 Å². The van der Waals surface area contributed by atoms with E-state index in [4.69, 9.17) is 0 Å². The van der Waals surface area contributed by atoms with Crippen molar-refractivity contribution < 1.29 is 18.3 Å². The van der Waals surface area contributed by atoms with Gasteiger partial charge in [0.15, 0.2) is 6.61 Å². The fourth-order valence-electron chi connectivity index (χ4n) is 2.95. The number of carbonyl (C=O) groups excluding carboxylic acids is 1. The van der Waals surface area contributed by atoms with Crippen LogP contribution in [0.4, 0.5) is 13.6 Å². The molecule has 0 saturated carbocycles. The van der Waals surface area contributed by atoms with Gasteiger partial charge in [-0.05, 0) is 19.9 Å². The zero-order valence-corrected chi connectivity index (χ0v) is 9.99. The van der Waals surface area contributed by atoms with Crippen molar-refractivity contribution in [3.8, 4) is 0 Å². The second kappa shape index (κ2) is 4.76. The first-order chi connectivity index (χ1) is 8.01. The number of halogens is 2. The minimum atomic E-state index is -2.59. The molecule has 2 aliphatic rings. The fourth-order valence-corrected chi connectivity index (χ4v) is 2.95. The molecule has 0 radical (unpaired) electrons. The fraction of sp³-hybridized carbons (Fsp3) is 0.909. The molecule has 2 aliphatic heterocycles. The Kier molecular flexibility index (Phi) is 3.51. The van der Waals surface area contributed by atoms with Crippen molar-refractivity contribution in [1.29, 1.82) is 0 Å². The SMILES string of the molecule is CN1CC2(CCCN(C(=O)OCC(F)F)C2)C1. The van der Waals surface area contributed by atoms with Gasteiger partial charge in [-0.2, -0.15) is 0 Å². The smallest absolute Gasteiger partial charge is 0.409 e. The number of carbonyl (C=O) groups is 1. The molecule has 0 bridgehead atoms. The Morgan fingerprint density at radius 1 is 1.41 bits per heavy atom. The van der Waals surface area contributed by atoms with E-state index in [0.717, 1.165) is 25.9 Å². The Bertz CT molecular complexity index is 288. The van der Waals surface area contributed by atoms with Gasteiger partial charge in [-0.3, -0.25) is 0 Å². The van der Waals surface area contributed by atoms with E-state index in [1.54, 1.807) is 4.90 Å². The molecule has 0 aromatic carbocycles. The Morgan fingerprint density at radius 2 is 2.12 bits per heavy atom. The number of amides is 1. The highest BCUT2D eigenvalue weighted by atomic mass is 19.3. The first kappa shape index (κ1) is 12.5. The molecule has 0 aromatic rings. The molecule has 0 unspecified atom stereocenters. The highest BCUT2D eigenvalue weighted by Gasteiger charge is 2.45. The lowest BCUT2D eigenvalue weighted by atomic mass is 9.74. The summed E-state index contributed by atoms with van der Waals surface area (Å²) < 4.78 is 28.4. The van der Waals surface area contributed by atoms with Crippen LogP contribution in [0.2, 0.25) is 0 Å². The van der Waals surface area contributed by atoms with E-state index in [-0.39, 0.29) is 5.41 Å². The summed E-state index contributed by atoms with van der Waals surface area (Å²) in [5.41, 5.74) is 0.177. The predicted octanol–water partition coefficient (Wildman–Crippen LogP) is 1.42. The van der Waals surface area contributed by atoms with Crippen LogP contribution in [0.15, 0.2) is 0 Å². The topological polar surface area (TPSA) is 32.8 Å². The number of rotatable bonds is 2. The molecule has 1 amide bonds. The number of hydrogen-bond acceptors (Lipinski definition) is 3. The van der Waals surface area contributed by atoms with Crippen LogP contribution in [-0.2, 0) is 4.74 Å². The van der Waals surface area contributed by atoms with Crippen molar-refractivity contribution in [3.63, 3.8) is 0 Å². The third kappa shape index (κ3) is 2.86. The van der Waals surface area contributed by atoms with Crippen LogP contribution in [-0.4, -0.2) is 62.2 Å². The maximum Gasteiger partial charge on any atom is 0.409 e. The molecule has 1 spiro atoms. The van der Waals surface area contributed by atoms with E-state index in [2.05, 4.69) is 9.64 Å². The van der Waals surface area contributed by atoms with E-state index >= 15 is 0 Å². The minimum absolute atomic E-state index is 0.177. The van der Waals surface area contributed by atoms with Gasteiger partial charge in [-0.25, -0.2) is 13.6 Å². The molecule has 17 heavy (non-hydrogen) atoms. The number of ether oxygens (including phenoxy) is 1. The molecular formula is C11H18F2N2O2. The van der Waals surface area contributed by atoms with Crippen molar-refractivity contribution >= 4 is 6.09 Å². The van der Waals surface area contributed by atoms with Crippen molar-refractivity contribution in [3.05, 3.63) is 0 Å². The normalized spacial score (nSPS) is 23.9.